The average Bonchev–Trinajstić information content (AvgIpc) is 2.86. The molecule has 0 saturated heterocycles. The lowest BCUT2D eigenvalue weighted by Gasteiger charge is -2.00. The Morgan fingerprint density at radius 1 is 1.06 bits per heavy atom. The molecule has 3 rings (SSSR count). The third-order valence-corrected chi connectivity index (χ3v) is 2.77. The van der Waals surface area contributed by atoms with Gasteiger partial charge in [-0.05, 0) is 10.2 Å². The van der Waals surface area contributed by atoms with E-state index in [0.29, 0.717) is 0 Å². The normalized spacial score (nSPS) is 18.9. The summed E-state index contributed by atoms with van der Waals surface area (Å²) in [6.45, 7) is 0. The lowest BCUT2D eigenvalue weighted by atomic mass is 9.98. The second-order valence-corrected chi connectivity index (χ2v) is 3.70. The molecule has 0 N–H and O–H groups in total. The Balaban J connectivity index is 2.11. The number of fused-ring (bicyclic) bond motifs is 1. The minimum Gasteiger partial charge on any atom is -0.267 e. The van der Waals surface area contributed by atoms with Crippen molar-refractivity contribution in [3.05, 3.63) is 54.4 Å². The first-order valence-corrected chi connectivity index (χ1v) is 5.02. The topological polar surface area (TPSA) is 43.0 Å². The van der Waals surface area contributed by atoms with Gasteiger partial charge in [0.15, 0.2) is 5.92 Å². The molecule has 0 atom stereocenters. The molecule has 1 aromatic carbocycles. The number of carbonyl (C=O) groups is 2. The predicted molar refractivity (Wildman–Crippen MR) is 55.1 cm³/mol. The zero-order chi connectivity index (χ0) is 11.1. The molecule has 0 fully saturated rings. The highest BCUT2D eigenvalue weighted by atomic mass is 16.2. The summed E-state index contributed by atoms with van der Waals surface area (Å²) in [4.78, 5) is 24.0. The number of hydrogen-bond donors (Lipinski definition) is 0. The lowest BCUT2D eigenvalue weighted by molar-refractivity contribution is -0.643. The van der Waals surface area contributed by atoms with Crippen molar-refractivity contribution >= 4 is 11.8 Å². The Kier molecular flexibility index (Phi) is 1.77. The predicted octanol–water partition coefficient (Wildman–Crippen LogP) is 0.853. The van der Waals surface area contributed by atoms with Gasteiger partial charge < -0.3 is 0 Å². The molecule has 0 amide bonds. The van der Waals surface area contributed by atoms with E-state index in [1.54, 1.807) is 30.6 Å². The summed E-state index contributed by atoms with van der Waals surface area (Å²) >= 11 is 0. The number of benzene rings is 1. The molecule has 0 aliphatic carbocycles. The minimum absolute atomic E-state index is 0.193. The summed E-state index contributed by atoms with van der Waals surface area (Å²) in [5.41, 5.74) is 0.744. The van der Waals surface area contributed by atoms with Crippen LogP contribution in [0.2, 0.25) is 0 Å². The summed E-state index contributed by atoms with van der Waals surface area (Å²) in [7, 11) is 0. The quantitative estimate of drug-likeness (QED) is 0.520. The second kappa shape index (κ2) is 3.13. The molecule has 0 bridgehead atoms. The lowest BCUT2D eigenvalue weighted by Crippen LogP contribution is -2.44. The molecule has 0 unspecified atom stereocenters. The van der Waals surface area contributed by atoms with Crippen molar-refractivity contribution in [1.82, 2.24) is 4.68 Å². The van der Waals surface area contributed by atoms with Crippen molar-refractivity contribution in [1.29, 1.82) is 0 Å². The molecule has 78 valence electrons. The van der Waals surface area contributed by atoms with Crippen molar-refractivity contribution in [3.63, 3.8) is 0 Å². The molecule has 1 aliphatic rings. The summed E-state index contributed by atoms with van der Waals surface area (Å²) in [6.07, 6.45) is 3.20. The second-order valence-electron chi connectivity index (χ2n) is 3.70. The van der Waals surface area contributed by atoms with E-state index in [2.05, 4.69) is 0 Å². The number of aromatic nitrogens is 2. The first kappa shape index (κ1) is 9.03. The monoisotopic (exact) mass is 213 g/mol. The van der Waals surface area contributed by atoms with Crippen molar-refractivity contribution in [2.75, 3.05) is 0 Å². The smallest absolute Gasteiger partial charge is 0.267 e. The van der Waals surface area contributed by atoms with Gasteiger partial charge in [0.2, 0.25) is 6.20 Å². The molecule has 1 aromatic heterocycles. The first-order chi connectivity index (χ1) is 7.79. The average molecular weight is 213 g/mol. The van der Waals surface area contributed by atoms with Gasteiger partial charge in [0.1, 0.15) is 0 Å². The summed E-state index contributed by atoms with van der Waals surface area (Å²) < 4.78 is 2.69. The van der Waals surface area contributed by atoms with Crippen LogP contribution in [0.25, 0.3) is 0 Å². The maximum atomic E-state index is 12.0. The number of hydrogen-bond acceptors (Lipinski definition) is 2. The van der Waals surface area contributed by atoms with Gasteiger partial charge >= 0.3 is 11.8 Å². The third kappa shape index (κ3) is 1.07. The highest BCUT2D eigenvalue weighted by molar-refractivity contribution is 6.05. The van der Waals surface area contributed by atoms with Gasteiger partial charge in [-0.3, -0.25) is 4.79 Å². The summed E-state index contributed by atoms with van der Waals surface area (Å²) in [5, 5.41) is 0. The fraction of sp³-hybridized carbons (Fsp3) is 0.0833. The van der Waals surface area contributed by atoms with Gasteiger partial charge in [0.25, 0.3) is 0 Å². The van der Waals surface area contributed by atoms with Crippen molar-refractivity contribution in [2.45, 2.75) is 5.92 Å². The van der Waals surface area contributed by atoms with E-state index in [1.165, 1.54) is 9.36 Å². The van der Waals surface area contributed by atoms with Gasteiger partial charge in [-0.25, -0.2) is 4.79 Å². The van der Waals surface area contributed by atoms with Crippen molar-refractivity contribution in [3.8, 4) is 0 Å². The molecular formula is C12H9N2O2+. The fourth-order valence-corrected chi connectivity index (χ4v) is 2.01. The van der Waals surface area contributed by atoms with E-state index >= 15 is 0 Å². The van der Waals surface area contributed by atoms with E-state index in [4.69, 9.17) is 0 Å². The Bertz CT molecular complexity index is 541. The van der Waals surface area contributed by atoms with Crippen LogP contribution in [0.15, 0.2) is 48.8 Å². The molecule has 4 heteroatoms. The SMILES string of the molecule is O=C1C(c2ccccc2)C(=O)[n+]2cccn21. The maximum Gasteiger partial charge on any atom is 0.432 e. The van der Waals surface area contributed by atoms with Gasteiger partial charge in [-0.15, -0.1) is 0 Å². The minimum atomic E-state index is -0.692. The van der Waals surface area contributed by atoms with Crippen LogP contribution in [0.3, 0.4) is 0 Å². The molecule has 16 heavy (non-hydrogen) atoms. The van der Waals surface area contributed by atoms with Gasteiger partial charge in [0, 0.05) is 6.07 Å². The molecule has 1 aliphatic heterocycles. The van der Waals surface area contributed by atoms with Gasteiger partial charge in [-0.2, -0.15) is 0 Å². The Morgan fingerprint density at radius 3 is 2.50 bits per heavy atom. The molecule has 2 aromatic rings. The van der Waals surface area contributed by atoms with E-state index in [-0.39, 0.29) is 11.8 Å². The molecule has 4 nitrogen and oxygen atoms in total. The van der Waals surface area contributed by atoms with Crippen LogP contribution in [0.1, 0.15) is 21.1 Å². The van der Waals surface area contributed by atoms with Gasteiger partial charge in [0.05, 0.1) is 6.20 Å². The molecule has 2 heterocycles. The van der Waals surface area contributed by atoms with Crippen LogP contribution in [0, 0.1) is 0 Å². The van der Waals surface area contributed by atoms with E-state index in [0.717, 1.165) is 5.56 Å². The standard InChI is InChI=1S/C12H9N2O2/c15-11-10(9-5-2-1-3-6-9)12(16)14-8-4-7-13(11)14/h1-8,10H/q+1. The number of rotatable bonds is 1. The van der Waals surface area contributed by atoms with E-state index in [1.807, 2.05) is 18.2 Å². The zero-order valence-corrected chi connectivity index (χ0v) is 8.41. The van der Waals surface area contributed by atoms with Crippen molar-refractivity contribution in [2.24, 2.45) is 0 Å². The van der Waals surface area contributed by atoms with Crippen LogP contribution in [-0.4, -0.2) is 16.5 Å². The molecule has 0 spiro atoms. The molecule has 0 saturated carbocycles. The van der Waals surface area contributed by atoms with E-state index < -0.39 is 5.92 Å². The number of carbonyl (C=O) groups excluding carboxylic acids is 2. The Labute approximate surface area is 91.7 Å². The van der Waals surface area contributed by atoms with Crippen LogP contribution in [-0.2, 0) is 0 Å². The number of nitrogens with zero attached hydrogens (tertiary/aromatic N) is 2. The highest BCUT2D eigenvalue weighted by Crippen LogP contribution is 2.21. The Hall–Kier alpha value is -2.23. The third-order valence-electron chi connectivity index (χ3n) is 2.77. The zero-order valence-electron chi connectivity index (χ0n) is 8.41. The van der Waals surface area contributed by atoms with E-state index in [9.17, 15) is 9.59 Å². The van der Waals surface area contributed by atoms with Crippen LogP contribution in [0.4, 0.5) is 0 Å². The largest absolute Gasteiger partial charge is 0.432 e. The Morgan fingerprint density at radius 2 is 1.81 bits per heavy atom. The van der Waals surface area contributed by atoms with Crippen molar-refractivity contribution < 1.29 is 14.3 Å². The van der Waals surface area contributed by atoms with Gasteiger partial charge in [-0.1, -0.05) is 35.0 Å². The van der Waals surface area contributed by atoms with Crippen LogP contribution < -0.4 is 4.68 Å². The van der Waals surface area contributed by atoms with Crippen LogP contribution >= 0.6 is 0 Å². The maximum absolute atomic E-state index is 12.0. The summed E-state index contributed by atoms with van der Waals surface area (Å²) in [5.74, 6) is -1.08. The molecule has 0 radical (unpaired) electrons. The molecular weight excluding hydrogens is 204 g/mol. The highest BCUT2D eigenvalue weighted by Gasteiger charge is 2.47. The van der Waals surface area contributed by atoms with Crippen LogP contribution in [0.5, 0.6) is 0 Å². The fourth-order valence-electron chi connectivity index (χ4n) is 2.01. The summed E-state index contributed by atoms with van der Waals surface area (Å²) in [6, 6.07) is 10.8. The first-order valence-electron chi connectivity index (χ1n) is 5.02.